The summed E-state index contributed by atoms with van der Waals surface area (Å²) >= 11 is 0. The molecule has 0 bridgehead atoms. The molecule has 1 saturated carbocycles. The summed E-state index contributed by atoms with van der Waals surface area (Å²) in [6.45, 7) is 3.04. The average Bonchev–Trinajstić information content (AvgIpc) is 2.94. The Morgan fingerprint density at radius 1 is 1.30 bits per heavy atom. The molecule has 0 heterocycles. The number of carbonyl (C=O) groups excluding carboxylic acids is 1. The highest BCUT2D eigenvalue weighted by molar-refractivity contribution is 5.77. The van der Waals surface area contributed by atoms with Gasteiger partial charge in [0.15, 0.2) is 6.61 Å². The number of hydrogen-bond acceptors (Lipinski definition) is 3. The summed E-state index contributed by atoms with van der Waals surface area (Å²) in [5.74, 6) is 0.613. The van der Waals surface area contributed by atoms with Gasteiger partial charge in [0, 0.05) is 12.2 Å². The first-order valence-electron chi connectivity index (χ1n) is 7.39. The summed E-state index contributed by atoms with van der Waals surface area (Å²) in [7, 11) is 0. The van der Waals surface area contributed by atoms with Crippen molar-refractivity contribution in [2.45, 2.75) is 39.0 Å². The molecule has 0 spiro atoms. The van der Waals surface area contributed by atoms with E-state index in [4.69, 9.17) is 10.5 Å². The highest BCUT2D eigenvalue weighted by Gasteiger charge is 2.32. The highest BCUT2D eigenvalue weighted by Crippen LogP contribution is 2.40. The van der Waals surface area contributed by atoms with Crippen LogP contribution in [0, 0.1) is 5.41 Å². The van der Waals surface area contributed by atoms with E-state index in [1.54, 1.807) is 24.3 Å². The zero-order valence-corrected chi connectivity index (χ0v) is 12.2. The van der Waals surface area contributed by atoms with Gasteiger partial charge >= 0.3 is 0 Å². The van der Waals surface area contributed by atoms with Crippen molar-refractivity contribution in [2.75, 3.05) is 18.9 Å². The topological polar surface area (TPSA) is 64.3 Å². The van der Waals surface area contributed by atoms with Crippen LogP contribution in [0.1, 0.15) is 39.0 Å². The van der Waals surface area contributed by atoms with Crippen molar-refractivity contribution < 1.29 is 9.53 Å². The lowest BCUT2D eigenvalue weighted by Gasteiger charge is -2.27. The molecule has 0 unspecified atom stereocenters. The molecule has 0 saturated heterocycles. The quantitative estimate of drug-likeness (QED) is 0.785. The van der Waals surface area contributed by atoms with Gasteiger partial charge in [-0.2, -0.15) is 0 Å². The van der Waals surface area contributed by atoms with Gasteiger partial charge in [0.25, 0.3) is 5.91 Å². The van der Waals surface area contributed by atoms with Crippen LogP contribution in [0.4, 0.5) is 5.69 Å². The van der Waals surface area contributed by atoms with Gasteiger partial charge in [0.1, 0.15) is 5.75 Å². The normalized spacial score (nSPS) is 16.9. The first kappa shape index (κ1) is 14.7. The fourth-order valence-electron chi connectivity index (χ4n) is 2.83. The van der Waals surface area contributed by atoms with Gasteiger partial charge < -0.3 is 15.8 Å². The number of nitrogens with one attached hydrogen (secondary N) is 1. The van der Waals surface area contributed by atoms with E-state index in [2.05, 4.69) is 12.2 Å². The van der Waals surface area contributed by atoms with Crippen LogP contribution in [-0.2, 0) is 4.79 Å². The maximum absolute atomic E-state index is 11.8. The van der Waals surface area contributed by atoms with Gasteiger partial charge in [-0.05, 0) is 48.9 Å². The van der Waals surface area contributed by atoms with Crippen LogP contribution in [0.15, 0.2) is 24.3 Å². The molecule has 1 aliphatic carbocycles. The van der Waals surface area contributed by atoms with Crippen LogP contribution < -0.4 is 15.8 Å². The van der Waals surface area contributed by atoms with Gasteiger partial charge in [-0.3, -0.25) is 4.79 Å². The summed E-state index contributed by atoms with van der Waals surface area (Å²) in [5.41, 5.74) is 6.60. The first-order chi connectivity index (χ1) is 9.63. The van der Waals surface area contributed by atoms with E-state index in [1.807, 2.05) is 0 Å². The Morgan fingerprint density at radius 3 is 2.55 bits per heavy atom. The SMILES string of the molecule is CCC1(CNC(=O)COc2ccc(N)cc2)CCCC1. The number of carbonyl (C=O) groups is 1. The lowest BCUT2D eigenvalue weighted by molar-refractivity contribution is -0.123. The van der Waals surface area contributed by atoms with Crippen molar-refractivity contribution >= 4 is 11.6 Å². The molecule has 20 heavy (non-hydrogen) atoms. The van der Waals surface area contributed by atoms with Crippen LogP contribution in [0.2, 0.25) is 0 Å². The third-order valence-electron chi connectivity index (χ3n) is 4.32. The molecule has 0 aliphatic heterocycles. The smallest absolute Gasteiger partial charge is 0.257 e. The van der Waals surface area contributed by atoms with Crippen LogP contribution in [-0.4, -0.2) is 19.1 Å². The zero-order valence-electron chi connectivity index (χ0n) is 12.2. The monoisotopic (exact) mass is 276 g/mol. The third-order valence-corrected chi connectivity index (χ3v) is 4.32. The van der Waals surface area contributed by atoms with Crippen molar-refractivity contribution in [1.82, 2.24) is 5.32 Å². The van der Waals surface area contributed by atoms with Crippen LogP contribution in [0.3, 0.4) is 0 Å². The fourth-order valence-corrected chi connectivity index (χ4v) is 2.83. The summed E-state index contributed by atoms with van der Waals surface area (Å²) in [6, 6.07) is 7.07. The predicted molar refractivity (Wildman–Crippen MR) is 80.6 cm³/mol. The minimum Gasteiger partial charge on any atom is -0.484 e. The van der Waals surface area contributed by atoms with E-state index in [1.165, 1.54) is 25.7 Å². The average molecular weight is 276 g/mol. The minimum atomic E-state index is -0.0541. The molecule has 1 aromatic carbocycles. The first-order valence-corrected chi connectivity index (χ1v) is 7.39. The van der Waals surface area contributed by atoms with E-state index in [0.29, 0.717) is 16.9 Å². The Labute approximate surface area is 120 Å². The molecule has 1 aliphatic rings. The predicted octanol–water partition coefficient (Wildman–Crippen LogP) is 2.73. The molecule has 1 aromatic rings. The zero-order chi connectivity index (χ0) is 14.4. The largest absolute Gasteiger partial charge is 0.484 e. The van der Waals surface area contributed by atoms with E-state index in [9.17, 15) is 4.79 Å². The van der Waals surface area contributed by atoms with Crippen molar-refractivity contribution in [1.29, 1.82) is 0 Å². The number of anilines is 1. The Bertz CT molecular complexity index is 436. The lowest BCUT2D eigenvalue weighted by atomic mass is 9.83. The van der Waals surface area contributed by atoms with Gasteiger partial charge in [-0.1, -0.05) is 19.8 Å². The molecule has 1 fully saturated rings. The van der Waals surface area contributed by atoms with Crippen molar-refractivity contribution in [3.8, 4) is 5.75 Å². The molecule has 0 atom stereocenters. The van der Waals surface area contributed by atoms with E-state index >= 15 is 0 Å². The summed E-state index contributed by atoms with van der Waals surface area (Å²) < 4.78 is 5.44. The maximum atomic E-state index is 11.8. The van der Waals surface area contributed by atoms with Crippen molar-refractivity contribution in [3.05, 3.63) is 24.3 Å². The molecule has 3 N–H and O–H groups in total. The van der Waals surface area contributed by atoms with E-state index < -0.39 is 0 Å². The van der Waals surface area contributed by atoms with Gasteiger partial charge in [0.2, 0.25) is 0 Å². The number of nitrogens with two attached hydrogens (primary N) is 1. The summed E-state index contributed by atoms with van der Waals surface area (Å²) in [6.07, 6.45) is 6.15. The Balaban J connectivity index is 1.74. The summed E-state index contributed by atoms with van der Waals surface area (Å²) in [4.78, 5) is 11.8. The molecule has 1 amide bonds. The van der Waals surface area contributed by atoms with Crippen molar-refractivity contribution in [2.24, 2.45) is 5.41 Å². The van der Waals surface area contributed by atoms with Gasteiger partial charge in [0.05, 0.1) is 0 Å². The standard InChI is InChI=1S/C16H24N2O2/c1-2-16(9-3-4-10-16)12-18-15(19)11-20-14-7-5-13(17)6-8-14/h5-8H,2-4,9-12,17H2,1H3,(H,18,19). The second-order valence-corrected chi connectivity index (χ2v) is 5.70. The van der Waals surface area contributed by atoms with Crippen LogP contribution in [0.25, 0.3) is 0 Å². The fraction of sp³-hybridized carbons (Fsp3) is 0.562. The van der Waals surface area contributed by atoms with E-state index in [0.717, 1.165) is 13.0 Å². The molecule has 0 radical (unpaired) electrons. The number of hydrogen-bond donors (Lipinski definition) is 2. The van der Waals surface area contributed by atoms with Crippen molar-refractivity contribution in [3.63, 3.8) is 0 Å². The number of benzene rings is 1. The molecule has 2 rings (SSSR count). The Hall–Kier alpha value is -1.71. The molecule has 4 nitrogen and oxygen atoms in total. The van der Waals surface area contributed by atoms with Gasteiger partial charge in [-0.15, -0.1) is 0 Å². The van der Waals surface area contributed by atoms with Gasteiger partial charge in [-0.25, -0.2) is 0 Å². The number of nitrogen functional groups attached to an aromatic ring is 1. The number of ether oxygens (including phenoxy) is 1. The molecule has 0 aromatic heterocycles. The molecule has 110 valence electrons. The molecular formula is C16H24N2O2. The number of rotatable bonds is 6. The molecular weight excluding hydrogens is 252 g/mol. The maximum Gasteiger partial charge on any atom is 0.257 e. The lowest BCUT2D eigenvalue weighted by Crippen LogP contribution is -2.38. The molecule has 4 heteroatoms. The Morgan fingerprint density at radius 2 is 1.95 bits per heavy atom. The second-order valence-electron chi connectivity index (χ2n) is 5.70. The van der Waals surface area contributed by atoms with E-state index in [-0.39, 0.29) is 12.5 Å². The Kier molecular flexibility index (Phi) is 4.88. The van der Waals surface area contributed by atoms with Crippen LogP contribution in [0.5, 0.6) is 5.75 Å². The second kappa shape index (κ2) is 6.64. The summed E-state index contributed by atoms with van der Waals surface area (Å²) in [5, 5.41) is 3.01. The minimum absolute atomic E-state index is 0.0541. The third kappa shape index (κ3) is 3.89. The highest BCUT2D eigenvalue weighted by atomic mass is 16.5. The number of amides is 1. The van der Waals surface area contributed by atoms with Crippen LogP contribution >= 0.6 is 0 Å².